The van der Waals surface area contributed by atoms with Gasteiger partial charge >= 0.3 is 0 Å². The number of thiazole rings is 1. The summed E-state index contributed by atoms with van der Waals surface area (Å²) in [6.07, 6.45) is 0.704. The lowest BCUT2D eigenvalue weighted by Crippen LogP contribution is -2.11. The smallest absolute Gasteiger partial charge is 0.257 e. The number of amides is 1. The molecule has 0 saturated carbocycles. The van der Waals surface area contributed by atoms with Gasteiger partial charge in [-0.25, -0.2) is 4.98 Å². The molecule has 3 aromatic rings. The van der Waals surface area contributed by atoms with E-state index in [-0.39, 0.29) is 5.91 Å². The molecule has 2 aromatic carbocycles. The number of carbonyl (C=O) groups is 1. The Morgan fingerprint density at radius 3 is 2.79 bits per heavy atom. The highest BCUT2D eigenvalue weighted by Crippen LogP contribution is 2.28. The maximum Gasteiger partial charge on any atom is 0.257 e. The van der Waals surface area contributed by atoms with Crippen LogP contribution in [0.2, 0.25) is 5.02 Å². The van der Waals surface area contributed by atoms with E-state index < -0.39 is 0 Å². The third-order valence-electron chi connectivity index (χ3n) is 3.51. The number of hydrogen-bond acceptors (Lipinski definition) is 3. The van der Waals surface area contributed by atoms with Gasteiger partial charge in [-0.3, -0.25) is 10.1 Å². The van der Waals surface area contributed by atoms with Crippen molar-refractivity contribution in [2.45, 2.75) is 13.3 Å². The first-order valence-electron chi connectivity index (χ1n) is 7.29. The third kappa shape index (κ3) is 4.04. The van der Waals surface area contributed by atoms with E-state index in [2.05, 4.69) is 26.2 Å². The Morgan fingerprint density at radius 2 is 2.04 bits per heavy atom. The second-order valence-corrected chi connectivity index (χ2v) is 7.67. The lowest BCUT2D eigenvalue weighted by molar-refractivity contribution is 0.102. The quantitative estimate of drug-likeness (QED) is 0.586. The van der Waals surface area contributed by atoms with Crippen molar-refractivity contribution >= 4 is 49.9 Å². The van der Waals surface area contributed by atoms with Crippen molar-refractivity contribution in [1.29, 1.82) is 0 Å². The molecule has 0 radical (unpaired) electrons. The summed E-state index contributed by atoms with van der Waals surface area (Å²) in [6.45, 7) is 1.94. The highest BCUT2D eigenvalue weighted by molar-refractivity contribution is 9.10. The number of halogens is 2. The molecule has 0 fully saturated rings. The van der Waals surface area contributed by atoms with Gasteiger partial charge in [-0.1, -0.05) is 51.8 Å². The zero-order valence-electron chi connectivity index (χ0n) is 12.8. The highest BCUT2D eigenvalue weighted by atomic mass is 79.9. The number of hydrogen-bond donors (Lipinski definition) is 1. The minimum absolute atomic E-state index is 0.172. The summed E-state index contributed by atoms with van der Waals surface area (Å²) in [7, 11) is 0. The average Bonchev–Trinajstić information content (AvgIpc) is 2.89. The van der Waals surface area contributed by atoms with Crippen molar-refractivity contribution in [3.8, 4) is 0 Å². The summed E-state index contributed by atoms with van der Waals surface area (Å²) in [5, 5.41) is 4.20. The summed E-state index contributed by atoms with van der Waals surface area (Å²) >= 11 is 11.1. The second-order valence-electron chi connectivity index (χ2n) is 5.26. The van der Waals surface area contributed by atoms with Crippen molar-refractivity contribution in [3.63, 3.8) is 0 Å². The molecule has 0 aliphatic rings. The lowest BCUT2D eigenvalue weighted by atomic mass is 10.1. The number of aromatic nitrogens is 1. The van der Waals surface area contributed by atoms with Crippen molar-refractivity contribution in [3.05, 3.63) is 79.7 Å². The molecule has 1 aromatic heterocycles. The molecule has 3 rings (SSSR count). The molecule has 1 heterocycles. The van der Waals surface area contributed by atoms with Crippen LogP contribution in [-0.2, 0) is 6.42 Å². The number of nitrogens with one attached hydrogen (secondary N) is 1. The molecule has 122 valence electrons. The number of carbonyl (C=O) groups excluding carboxylic acids is 1. The second kappa shape index (κ2) is 7.47. The topological polar surface area (TPSA) is 42.0 Å². The van der Waals surface area contributed by atoms with Crippen LogP contribution < -0.4 is 5.32 Å². The largest absolute Gasteiger partial charge is 0.298 e. The summed E-state index contributed by atoms with van der Waals surface area (Å²) in [6, 6.07) is 15.0. The van der Waals surface area contributed by atoms with Crippen LogP contribution in [0, 0.1) is 6.92 Å². The summed E-state index contributed by atoms with van der Waals surface area (Å²) in [5.74, 6) is -0.172. The molecular formula is C18H14BrClN2OS. The van der Waals surface area contributed by atoms with Crippen molar-refractivity contribution < 1.29 is 4.79 Å². The molecule has 24 heavy (non-hydrogen) atoms. The van der Waals surface area contributed by atoms with E-state index in [1.54, 1.807) is 12.1 Å². The van der Waals surface area contributed by atoms with Gasteiger partial charge in [0, 0.05) is 26.4 Å². The molecular weight excluding hydrogens is 408 g/mol. The molecule has 3 nitrogen and oxygen atoms in total. The lowest BCUT2D eigenvalue weighted by Gasteiger charge is -2.02. The molecule has 1 amide bonds. The molecule has 6 heteroatoms. The zero-order chi connectivity index (χ0) is 17.1. The van der Waals surface area contributed by atoms with Crippen LogP contribution in [0.5, 0.6) is 0 Å². The van der Waals surface area contributed by atoms with Gasteiger partial charge in [-0.05, 0) is 36.8 Å². The van der Waals surface area contributed by atoms with Crippen LogP contribution in [0.3, 0.4) is 0 Å². The SMILES string of the molecule is Cc1nc(NC(=O)c2cccc(Br)c2)sc1Cc1ccccc1Cl. The number of anilines is 1. The zero-order valence-corrected chi connectivity index (χ0v) is 16.0. The average molecular weight is 422 g/mol. The predicted molar refractivity (Wildman–Crippen MR) is 103 cm³/mol. The van der Waals surface area contributed by atoms with E-state index in [0.717, 1.165) is 25.6 Å². The van der Waals surface area contributed by atoms with Gasteiger partial charge in [0.05, 0.1) is 5.69 Å². The first kappa shape index (κ1) is 17.1. The minimum Gasteiger partial charge on any atom is -0.298 e. The van der Waals surface area contributed by atoms with Crippen molar-refractivity contribution in [1.82, 2.24) is 4.98 Å². The first-order valence-corrected chi connectivity index (χ1v) is 9.28. The Hall–Kier alpha value is -1.69. The van der Waals surface area contributed by atoms with Gasteiger partial charge in [-0.2, -0.15) is 0 Å². The maximum absolute atomic E-state index is 12.3. The summed E-state index contributed by atoms with van der Waals surface area (Å²) in [5.41, 5.74) is 2.55. The molecule has 0 aliphatic heterocycles. The number of nitrogens with zero attached hydrogens (tertiary/aromatic N) is 1. The van der Waals surface area contributed by atoms with Crippen LogP contribution in [-0.4, -0.2) is 10.9 Å². The minimum atomic E-state index is -0.172. The normalized spacial score (nSPS) is 10.6. The fourth-order valence-corrected chi connectivity index (χ4v) is 3.84. The molecule has 0 spiro atoms. The van der Waals surface area contributed by atoms with E-state index in [4.69, 9.17) is 11.6 Å². The fraction of sp³-hybridized carbons (Fsp3) is 0.111. The Kier molecular flexibility index (Phi) is 5.33. The van der Waals surface area contributed by atoms with Gasteiger partial charge in [0.2, 0.25) is 0 Å². The molecule has 0 atom stereocenters. The Balaban J connectivity index is 1.77. The van der Waals surface area contributed by atoms with E-state index >= 15 is 0 Å². The number of rotatable bonds is 4. The van der Waals surface area contributed by atoms with Crippen LogP contribution in [0.4, 0.5) is 5.13 Å². The van der Waals surface area contributed by atoms with E-state index in [0.29, 0.717) is 17.1 Å². The van der Waals surface area contributed by atoms with Gasteiger partial charge in [0.25, 0.3) is 5.91 Å². The number of benzene rings is 2. The molecule has 0 unspecified atom stereocenters. The monoisotopic (exact) mass is 420 g/mol. The first-order chi connectivity index (χ1) is 11.5. The van der Waals surface area contributed by atoms with Gasteiger partial charge in [0.1, 0.15) is 0 Å². The summed E-state index contributed by atoms with van der Waals surface area (Å²) < 4.78 is 0.866. The van der Waals surface area contributed by atoms with Gasteiger partial charge in [0.15, 0.2) is 5.13 Å². The van der Waals surface area contributed by atoms with Gasteiger partial charge in [-0.15, -0.1) is 11.3 Å². The van der Waals surface area contributed by atoms with E-state index in [1.165, 1.54) is 11.3 Å². The van der Waals surface area contributed by atoms with Crippen LogP contribution in [0.1, 0.15) is 26.5 Å². The molecule has 1 N–H and O–H groups in total. The van der Waals surface area contributed by atoms with E-state index in [9.17, 15) is 4.79 Å². The Morgan fingerprint density at radius 1 is 1.25 bits per heavy atom. The maximum atomic E-state index is 12.3. The predicted octanol–water partition coefficient (Wildman–Crippen LogP) is 5.71. The fourth-order valence-electron chi connectivity index (χ4n) is 2.26. The Labute approximate surface area is 157 Å². The van der Waals surface area contributed by atoms with Crippen LogP contribution in [0.25, 0.3) is 0 Å². The van der Waals surface area contributed by atoms with Crippen LogP contribution in [0.15, 0.2) is 53.0 Å². The standard InChI is InChI=1S/C18H14BrClN2OS/c1-11-16(10-12-5-2-3-8-15(12)20)24-18(21-11)22-17(23)13-6-4-7-14(19)9-13/h2-9H,10H2,1H3,(H,21,22,23). The highest BCUT2D eigenvalue weighted by Gasteiger charge is 2.13. The van der Waals surface area contributed by atoms with Gasteiger partial charge < -0.3 is 0 Å². The molecule has 0 saturated heterocycles. The molecule has 0 aliphatic carbocycles. The number of aryl methyl sites for hydroxylation is 1. The Bertz CT molecular complexity index is 894. The van der Waals surface area contributed by atoms with Crippen molar-refractivity contribution in [2.75, 3.05) is 5.32 Å². The summed E-state index contributed by atoms with van der Waals surface area (Å²) in [4.78, 5) is 17.9. The van der Waals surface area contributed by atoms with Crippen LogP contribution >= 0.6 is 38.9 Å². The third-order valence-corrected chi connectivity index (χ3v) is 5.44. The van der Waals surface area contributed by atoms with Crippen molar-refractivity contribution in [2.24, 2.45) is 0 Å². The van der Waals surface area contributed by atoms with E-state index in [1.807, 2.05) is 43.3 Å². The molecule has 0 bridgehead atoms.